The molecule has 1 aliphatic heterocycles. The van der Waals surface area contributed by atoms with Crippen LogP contribution in [0.5, 0.6) is 0 Å². The number of sulfonamides is 1. The maximum absolute atomic E-state index is 12.5. The molecule has 3 rings (SSSR count). The third-order valence-corrected chi connectivity index (χ3v) is 7.32. The third-order valence-electron chi connectivity index (χ3n) is 5.78. The predicted octanol–water partition coefficient (Wildman–Crippen LogP) is 1.70. The van der Waals surface area contributed by atoms with Crippen LogP contribution in [-0.4, -0.2) is 43.6 Å². The summed E-state index contributed by atoms with van der Waals surface area (Å²) in [5.41, 5.74) is 1.50. The van der Waals surface area contributed by atoms with Gasteiger partial charge in [0.1, 0.15) is 0 Å². The Balaban J connectivity index is 1.44. The molecule has 0 bridgehead atoms. The van der Waals surface area contributed by atoms with Crippen LogP contribution in [0.2, 0.25) is 0 Å². The lowest BCUT2D eigenvalue weighted by molar-refractivity contribution is -0.140. The van der Waals surface area contributed by atoms with Gasteiger partial charge in [0, 0.05) is 25.6 Å². The summed E-state index contributed by atoms with van der Waals surface area (Å²) < 4.78 is 26.5. The lowest BCUT2D eigenvalue weighted by Gasteiger charge is -2.19. The summed E-state index contributed by atoms with van der Waals surface area (Å²) in [6.45, 7) is 3.96. The van der Waals surface area contributed by atoms with Gasteiger partial charge in [-0.2, -0.15) is 0 Å². The smallest absolute Gasteiger partial charge is 0.233 e. The number of nitrogens with zero attached hydrogens (tertiary/aromatic N) is 1. The van der Waals surface area contributed by atoms with Gasteiger partial charge < -0.3 is 5.32 Å². The molecule has 31 heavy (non-hydrogen) atoms. The molecule has 1 aliphatic carbocycles. The summed E-state index contributed by atoms with van der Waals surface area (Å²) >= 11 is 0. The van der Waals surface area contributed by atoms with E-state index in [-0.39, 0.29) is 54.3 Å². The molecular weight excluding hydrogens is 418 g/mol. The van der Waals surface area contributed by atoms with Crippen LogP contribution in [0, 0.1) is 11.8 Å². The second-order valence-corrected chi connectivity index (χ2v) is 10.5. The van der Waals surface area contributed by atoms with E-state index in [0.29, 0.717) is 12.1 Å². The number of carbonyl (C=O) groups excluding carboxylic acids is 3. The topological polar surface area (TPSA) is 113 Å². The van der Waals surface area contributed by atoms with Crippen LogP contribution >= 0.6 is 0 Å². The average molecular weight is 450 g/mol. The Morgan fingerprint density at radius 1 is 1.03 bits per heavy atom. The van der Waals surface area contributed by atoms with Gasteiger partial charge in [-0.25, -0.2) is 13.1 Å². The highest BCUT2D eigenvalue weighted by Crippen LogP contribution is 2.37. The molecule has 8 nitrogen and oxygen atoms in total. The maximum atomic E-state index is 12.5. The van der Waals surface area contributed by atoms with Gasteiger partial charge in [-0.15, -0.1) is 0 Å². The number of rotatable bonds is 9. The molecule has 1 saturated heterocycles. The van der Waals surface area contributed by atoms with E-state index in [1.165, 1.54) is 4.90 Å². The van der Waals surface area contributed by atoms with Gasteiger partial charge in [0.2, 0.25) is 27.7 Å². The van der Waals surface area contributed by atoms with Crippen LogP contribution in [0.4, 0.5) is 0 Å². The van der Waals surface area contributed by atoms with Crippen molar-refractivity contribution in [1.29, 1.82) is 0 Å². The molecule has 0 radical (unpaired) electrons. The van der Waals surface area contributed by atoms with Gasteiger partial charge in [0.05, 0.1) is 17.6 Å². The second kappa shape index (κ2) is 9.91. The molecule has 1 saturated carbocycles. The van der Waals surface area contributed by atoms with Crippen molar-refractivity contribution in [2.45, 2.75) is 64.3 Å². The zero-order valence-corrected chi connectivity index (χ0v) is 18.9. The Kier molecular flexibility index (Phi) is 7.48. The lowest BCUT2D eigenvalue weighted by Crippen LogP contribution is -2.35. The number of fused-ring (bicyclic) bond motifs is 1. The maximum Gasteiger partial charge on any atom is 0.233 e. The van der Waals surface area contributed by atoms with Crippen LogP contribution < -0.4 is 10.0 Å². The van der Waals surface area contributed by atoms with Gasteiger partial charge in [-0.05, 0) is 37.8 Å². The molecular formula is C22H31N3O5S. The van der Waals surface area contributed by atoms with Crippen molar-refractivity contribution in [3.8, 4) is 0 Å². The minimum Gasteiger partial charge on any atom is -0.352 e. The molecule has 3 amide bonds. The Labute approximate surface area is 183 Å². The zero-order chi connectivity index (χ0) is 22.6. The number of imide groups is 1. The normalized spacial score (nSPS) is 21.5. The summed E-state index contributed by atoms with van der Waals surface area (Å²) in [5, 5.41) is 2.79. The first-order valence-electron chi connectivity index (χ1n) is 10.9. The summed E-state index contributed by atoms with van der Waals surface area (Å²) in [6.07, 6.45) is 3.57. The molecule has 1 heterocycles. The predicted molar refractivity (Wildman–Crippen MR) is 116 cm³/mol. The van der Waals surface area contributed by atoms with Crippen molar-refractivity contribution >= 4 is 27.7 Å². The van der Waals surface area contributed by atoms with E-state index < -0.39 is 10.0 Å². The number of likely N-dealkylation sites (tertiary alicyclic amines) is 1. The fraction of sp³-hybridized carbons (Fsp3) is 0.591. The molecule has 2 atom stereocenters. The van der Waals surface area contributed by atoms with E-state index in [9.17, 15) is 22.8 Å². The average Bonchev–Trinajstić information content (AvgIpc) is 2.95. The molecule has 9 heteroatoms. The van der Waals surface area contributed by atoms with Crippen molar-refractivity contribution in [2.75, 3.05) is 6.54 Å². The minimum atomic E-state index is -3.38. The van der Waals surface area contributed by atoms with Gasteiger partial charge in [0.15, 0.2) is 0 Å². The first-order valence-corrected chi connectivity index (χ1v) is 12.5. The van der Waals surface area contributed by atoms with E-state index in [1.807, 2.05) is 0 Å². The number of hydrogen-bond donors (Lipinski definition) is 2. The standard InChI is InChI=1S/C22H31N3O5S/c1-15(2)24-31(29,30)14-17-9-7-16(8-10-17)13-23-20(26)11-12-25-21(27)18-5-3-4-6-19(18)22(25)28/h7-10,15,18-19,24H,3-6,11-14H2,1-2H3,(H,23,26). The molecule has 1 aromatic rings. The Hall–Kier alpha value is -2.26. The van der Waals surface area contributed by atoms with E-state index in [4.69, 9.17) is 0 Å². The molecule has 2 unspecified atom stereocenters. The number of carbonyl (C=O) groups is 3. The molecule has 170 valence electrons. The second-order valence-electron chi connectivity index (χ2n) is 8.70. The number of hydrogen-bond acceptors (Lipinski definition) is 5. The van der Waals surface area contributed by atoms with Gasteiger partial charge in [-0.1, -0.05) is 37.1 Å². The fourth-order valence-electron chi connectivity index (χ4n) is 4.33. The zero-order valence-electron chi connectivity index (χ0n) is 18.1. The van der Waals surface area contributed by atoms with Gasteiger partial charge in [0.25, 0.3) is 0 Å². The molecule has 1 aromatic carbocycles. The highest BCUT2D eigenvalue weighted by molar-refractivity contribution is 7.88. The first kappa shape index (κ1) is 23.4. The Morgan fingerprint density at radius 2 is 1.58 bits per heavy atom. The molecule has 0 spiro atoms. The van der Waals surface area contributed by atoms with Crippen molar-refractivity contribution in [3.05, 3.63) is 35.4 Å². The number of benzene rings is 1. The fourth-order valence-corrected chi connectivity index (χ4v) is 5.76. The highest BCUT2D eigenvalue weighted by Gasteiger charge is 2.47. The quantitative estimate of drug-likeness (QED) is 0.557. The van der Waals surface area contributed by atoms with E-state index >= 15 is 0 Å². The van der Waals surface area contributed by atoms with Crippen molar-refractivity contribution in [2.24, 2.45) is 11.8 Å². The summed E-state index contributed by atoms with van der Waals surface area (Å²) in [6, 6.07) is 6.85. The Morgan fingerprint density at radius 3 is 2.13 bits per heavy atom. The summed E-state index contributed by atoms with van der Waals surface area (Å²) in [4.78, 5) is 38.4. The summed E-state index contributed by atoms with van der Waals surface area (Å²) in [7, 11) is -3.38. The summed E-state index contributed by atoms with van der Waals surface area (Å²) in [5.74, 6) is -0.967. The minimum absolute atomic E-state index is 0.0775. The molecule has 2 N–H and O–H groups in total. The van der Waals surface area contributed by atoms with Crippen LogP contribution in [0.15, 0.2) is 24.3 Å². The van der Waals surface area contributed by atoms with Crippen molar-refractivity contribution in [1.82, 2.24) is 14.9 Å². The van der Waals surface area contributed by atoms with Crippen LogP contribution in [0.1, 0.15) is 57.1 Å². The number of nitrogens with one attached hydrogen (secondary N) is 2. The van der Waals surface area contributed by atoms with E-state index in [2.05, 4.69) is 10.0 Å². The largest absolute Gasteiger partial charge is 0.352 e. The Bertz CT molecular complexity index is 903. The van der Waals surface area contributed by atoms with Gasteiger partial charge >= 0.3 is 0 Å². The third kappa shape index (κ3) is 6.13. The van der Waals surface area contributed by atoms with E-state index in [1.54, 1.807) is 38.1 Å². The SMILES string of the molecule is CC(C)NS(=O)(=O)Cc1ccc(CNC(=O)CCN2C(=O)C3CCCCC3C2=O)cc1. The number of amides is 3. The molecule has 2 aliphatic rings. The van der Waals surface area contributed by atoms with Gasteiger partial charge in [-0.3, -0.25) is 19.3 Å². The highest BCUT2D eigenvalue weighted by atomic mass is 32.2. The lowest BCUT2D eigenvalue weighted by atomic mass is 9.81. The van der Waals surface area contributed by atoms with Crippen molar-refractivity contribution < 1.29 is 22.8 Å². The van der Waals surface area contributed by atoms with Crippen LogP contribution in [-0.2, 0) is 36.7 Å². The monoisotopic (exact) mass is 449 g/mol. The molecule has 2 fully saturated rings. The van der Waals surface area contributed by atoms with Crippen molar-refractivity contribution in [3.63, 3.8) is 0 Å². The first-order chi connectivity index (χ1) is 14.7. The van der Waals surface area contributed by atoms with E-state index in [0.717, 1.165) is 31.2 Å². The van der Waals surface area contributed by atoms with Crippen LogP contribution in [0.3, 0.4) is 0 Å². The van der Waals surface area contributed by atoms with Crippen LogP contribution in [0.25, 0.3) is 0 Å². The molecule has 0 aromatic heterocycles.